The fourth-order valence-electron chi connectivity index (χ4n) is 2.29. The maximum Gasteiger partial charge on any atom is 0.342 e. The molecule has 8 nitrogen and oxygen atoms in total. The number of carbonyl (C=O) groups is 1. The van der Waals surface area contributed by atoms with E-state index in [4.69, 9.17) is 9.84 Å². The minimum atomic E-state index is -1.37. The smallest absolute Gasteiger partial charge is 0.342 e. The zero-order valence-corrected chi connectivity index (χ0v) is 11.5. The van der Waals surface area contributed by atoms with Crippen LogP contribution in [-0.2, 0) is 0 Å². The second-order valence-corrected chi connectivity index (χ2v) is 4.85. The van der Waals surface area contributed by atoms with Gasteiger partial charge in [0.1, 0.15) is 18.4 Å². The minimum absolute atomic E-state index is 0.0926. The molecule has 2 heterocycles. The van der Waals surface area contributed by atoms with Crippen molar-refractivity contribution < 1.29 is 19.6 Å². The minimum Gasteiger partial charge on any atom is -0.477 e. The molecule has 0 saturated carbocycles. The zero-order chi connectivity index (χ0) is 15.2. The molecule has 0 amide bonds. The Morgan fingerprint density at radius 1 is 1.43 bits per heavy atom. The van der Waals surface area contributed by atoms with Crippen LogP contribution in [0.5, 0.6) is 5.88 Å². The van der Waals surface area contributed by atoms with Gasteiger partial charge in [-0.1, -0.05) is 6.42 Å². The summed E-state index contributed by atoms with van der Waals surface area (Å²) in [7, 11) is 0. The summed E-state index contributed by atoms with van der Waals surface area (Å²) in [5.41, 5.74) is -0.950. The molecule has 0 atom stereocenters. The third-order valence-electron chi connectivity index (χ3n) is 3.39. The molecule has 8 heteroatoms. The molecule has 0 unspecified atom stereocenters. The first kappa shape index (κ1) is 15.2. The van der Waals surface area contributed by atoms with Crippen LogP contribution >= 0.6 is 0 Å². The Hall–Kier alpha value is -2.22. The van der Waals surface area contributed by atoms with Crippen molar-refractivity contribution in [1.29, 1.82) is 0 Å². The van der Waals surface area contributed by atoms with Crippen LogP contribution in [0.15, 0.2) is 12.3 Å². The number of carboxylic acid groups (broad SMARTS) is 1. The average Bonchev–Trinajstić information content (AvgIpc) is 2.48. The van der Waals surface area contributed by atoms with E-state index in [0.29, 0.717) is 6.61 Å². The third-order valence-corrected chi connectivity index (χ3v) is 3.39. The Bertz CT molecular complexity index is 529. The first-order valence-corrected chi connectivity index (χ1v) is 6.81. The van der Waals surface area contributed by atoms with E-state index in [-0.39, 0.29) is 5.88 Å². The van der Waals surface area contributed by atoms with Gasteiger partial charge in [0.25, 0.3) is 0 Å². The number of hydrogen-bond donors (Lipinski definition) is 1. The average molecular weight is 295 g/mol. The van der Waals surface area contributed by atoms with Gasteiger partial charge in [-0.3, -0.25) is 15.0 Å². The van der Waals surface area contributed by atoms with Crippen LogP contribution in [0.3, 0.4) is 0 Å². The van der Waals surface area contributed by atoms with E-state index in [2.05, 4.69) is 9.88 Å². The summed E-state index contributed by atoms with van der Waals surface area (Å²) >= 11 is 0. The Morgan fingerprint density at radius 3 is 2.76 bits per heavy atom. The maximum absolute atomic E-state index is 11.0. The molecule has 0 aliphatic carbocycles. The Morgan fingerprint density at radius 2 is 2.14 bits per heavy atom. The standard InChI is InChI=1S/C13H17N3O5/c17-13(18)10-8-12(14-9-11(10)16(19)20)21-7-6-15-4-2-1-3-5-15/h8-9H,1-7H2,(H,17,18). The van der Waals surface area contributed by atoms with Gasteiger partial charge in [-0.2, -0.15) is 0 Å². The molecular weight excluding hydrogens is 278 g/mol. The van der Waals surface area contributed by atoms with Crippen LogP contribution < -0.4 is 4.74 Å². The van der Waals surface area contributed by atoms with Crippen molar-refractivity contribution >= 4 is 11.7 Å². The van der Waals surface area contributed by atoms with Gasteiger partial charge in [0.2, 0.25) is 5.88 Å². The van der Waals surface area contributed by atoms with E-state index in [1.165, 1.54) is 19.3 Å². The quantitative estimate of drug-likeness (QED) is 0.626. The van der Waals surface area contributed by atoms with Crippen molar-refractivity contribution in [2.45, 2.75) is 19.3 Å². The summed E-state index contributed by atoms with van der Waals surface area (Å²) in [6, 6.07) is 1.09. The first-order chi connectivity index (χ1) is 10.1. The van der Waals surface area contributed by atoms with Crippen LogP contribution in [0.4, 0.5) is 5.69 Å². The van der Waals surface area contributed by atoms with E-state index in [9.17, 15) is 14.9 Å². The number of carboxylic acids is 1. The van der Waals surface area contributed by atoms with E-state index in [1.54, 1.807) is 0 Å². The number of rotatable bonds is 6. The Labute approximate surface area is 121 Å². The van der Waals surface area contributed by atoms with Crippen molar-refractivity contribution in [3.05, 3.63) is 27.9 Å². The number of pyridine rings is 1. The molecule has 0 aromatic carbocycles. The summed E-state index contributed by atoms with van der Waals surface area (Å²) in [6.45, 7) is 3.19. The van der Waals surface area contributed by atoms with Gasteiger partial charge in [0, 0.05) is 12.6 Å². The lowest BCUT2D eigenvalue weighted by atomic mass is 10.1. The van der Waals surface area contributed by atoms with E-state index < -0.39 is 22.1 Å². The van der Waals surface area contributed by atoms with Crippen molar-refractivity contribution in [3.8, 4) is 5.88 Å². The summed E-state index contributed by atoms with van der Waals surface area (Å²) < 4.78 is 5.40. The third kappa shape index (κ3) is 4.12. The highest BCUT2D eigenvalue weighted by Gasteiger charge is 2.21. The van der Waals surface area contributed by atoms with Gasteiger partial charge < -0.3 is 9.84 Å². The lowest BCUT2D eigenvalue weighted by Crippen LogP contribution is -2.33. The molecule has 1 aromatic heterocycles. The van der Waals surface area contributed by atoms with Crippen LogP contribution in [0, 0.1) is 10.1 Å². The van der Waals surface area contributed by atoms with Crippen molar-refractivity contribution in [2.75, 3.05) is 26.2 Å². The molecule has 1 saturated heterocycles. The molecule has 2 rings (SSSR count). The van der Waals surface area contributed by atoms with E-state index in [1.807, 2.05) is 0 Å². The van der Waals surface area contributed by atoms with Gasteiger partial charge in [0.05, 0.1) is 4.92 Å². The van der Waals surface area contributed by atoms with Crippen molar-refractivity contribution in [2.24, 2.45) is 0 Å². The molecule has 1 fully saturated rings. The number of aromatic nitrogens is 1. The number of nitro groups is 1. The van der Waals surface area contributed by atoms with Crippen molar-refractivity contribution in [3.63, 3.8) is 0 Å². The number of aromatic carboxylic acids is 1. The van der Waals surface area contributed by atoms with Crippen LogP contribution in [0.2, 0.25) is 0 Å². The number of hydrogen-bond acceptors (Lipinski definition) is 6. The highest BCUT2D eigenvalue weighted by atomic mass is 16.6. The predicted octanol–water partition coefficient (Wildman–Crippen LogP) is 1.55. The van der Waals surface area contributed by atoms with E-state index >= 15 is 0 Å². The van der Waals surface area contributed by atoms with Crippen LogP contribution in [0.1, 0.15) is 29.6 Å². The number of nitrogens with zero attached hydrogens (tertiary/aromatic N) is 3. The molecule has 0 spiro atoms. The molecule has 1 N–H and O–H groups in total. The predicted molar refractivity (Wildman–Crippen MR) is 73.6 cm³/mol. The second-order valence-electron chi connectivity index (χ2n) is 4.85. The normalized spacial score (nSPS) is 15.6. The summed E-state index contributed by atoms with van der Waals surface area (Å²) in [5.74, 6) is -1.28. The fourth-order valence-corrected chi connectivity index (χ4v) is 2.29. The number of likely N-dealkylation sites (tertiary alicyclic amines) is 1. The van der Waals surface area contributed by atoms with Crippen LogP contribution in [0.25, 0.3) is 0 Å². The first-order valence-electron chi connectivity index (χ1n) is 6.81. The second kappa shape index (κ2) is 6.98. The largest absolute Gasteiger partial charge is 0.477 e. The lowest BCUT2D eigenvalue weighted by Gasteiger charge is -2.25. The molecule has 0 radical (unpaired) electrons. The fraction of sp³-hybridized carbons (Fsp3) is 0.538. The van der Waals surface area contributed by atoms with Gasteiger partial charge in [0.15, 0.2) is 0 Å². The topological polar surface area (TPSA) is 106 Å². The molecule has 1 aliphatic heterocycles. The molecule has 0 bridgehead atoms. The highest BCUT2D eigenvalue weighted by molar-refractivity contribution is 5.92. The lowest BCUT2D eigenvalue weighted by molar-refractivity contribution is -0.385. The molecule has 21 heavy (non-hydrogen) atoms. The Balaban J connectivity index is 1.95. The van der Waals surface area contributed by atoms with Gasteiger partial charge in [-0.05, 0) is 25.9 Å². The van der Waals surface area contributed by atoms with Gasteiger partial charge in [-0.25, -0.2) is 9.78 Å². The van der Waals surface area contributed by atoms with E-state index in [0.717, 1.165) is 31.9 Å². The van der Waals surface area contributed by atoms with Gasteiger partial charge in [-0.15, -0.1) is 0 Å². The summed E-state index contributed by atoms with van der Waals surface area (Å²) in [5, 5.41) is 19.7. The SMILES string of the molecule is O=C(O)c1cc(OCCN2CCCCC2)ncc1[N+](=O)[O-]. The summed E-state index contributed by atoms with van der Waals surface area (Å²) in [6.07, 6.45) is 4.53. The van der Waals surface area contributed by atoms with Gasteiger partial charge >= 0.3 is 11.7 Å². The monoisotopic (exact) mass is 295 g/mol. The molecule has 1 aliphatic rings. The molecular formula is C13H17N3O5. The zero-order valence-electron chi connectivity index (χ0n) is 11.5. The molecule has 114 valence electrons. The summed E-state index contributed by atoms with van der Waals surface area (Å²) in [4.78, 5) is 27.0. The Kier molecular flexibility index (Phi) is 5.04. The maximum atomic E-state index is 11.0. The van der Waals surface area contributed by atoms with Crippen molar-refractivity contribution in [1.82, 2.24) is 9.88 Å². The van der Waals surface area contributed by atoms with Crippen LogP contribution in [-0.4, -0.2) is 52.1 Å². The molecule has 1 aromatic rings. The number of piperidine rings is 1. The highest BCUT2D eigenvalue weighted by Crippen LogP contribution is 2.21. The number of ether oxygens (including phenoxy) is 1.